The van der Waals surface area contributed by atoms with Crippen molar-refractivity contribution >= 4 is 23.7 Å². The van der Waals surface area contributed by atoms with Gasteiger partial charge in [-0.25, -0.2) is 9.78 Å². The van der Waals surface area contributed by atoms with Crippen molar-refractivity contribution in [2.24, 2.45) is 0 Å². The highest BCUT2D eigenvalue weighted by atomic mass is 16.2. The number of imide groups is 1. The third kappa shape index (κ3) is 5.20. The minimum atomic E-state index is -0.407. The van der Waals surface area contributed by atoms with E-state index < -0.39 is 6.03 Å². The molecule has 8 nitrogen and oxygen atoms in total. The second kappa shape index (κ2) is 9.59. The largest absolute Gasteiger partial charge is 0.357 e. The molecule has 1 aromatic carbocycles. The van der Waals surface area contributed by atoms with Crippen molar-refractivity contribution < 1.29 is 14.4 Å². The summed E-state index contributed by atoms with van der Waals surface area (Å²) in [4.78, 5) is 44.1. The Morgan fingerprint density at radius 2 is 1.84 bits per heavy atom. The summed E-state index contributed by atoms with van der Waals surface area (Å²) in [7, 11) is 0. The number of carbonyl (C=O) groups is 3. The van der Waals surface area contributed by atoms with Crippen LogP contribution in [0.3, 0.4) is 0 Å². The molecule has 2 fully saturated rings. The van der Waals surface area contributed by atoms with E-state index in [2.05, 4.69) is 20.5 Å². The van der Waals surface area contributed by atoms with E-state index in [-0.39, 0.29) is 24.9 Å². The fourth-order valence-electron chi connectivity index (χ4n) is 3.90. The molecule has 3 heterocycles. The number of urea groups is 1. The number of benzene rings is 1. The molecule has 2 N–H and O–H groups in total. The molecule has 2 aliphatic rings. The van der Waals surface area contributed by atoms with Gasteiger partial charge in [0.1, 0.15) is 5.82 Å². The van der Waals surface area contributed by atoms with Gasteiger partial charge in [-0.15, -0.1) is 0 Å². The Labute approximate surface area is 181 Å². The SMILES string of the molecule is O=C(NCc1ccc(N2CCCCCC2)nc1)c1cccc(CN2C(=O)CNC2=O)c1. The highest BCUT2D eigenvalue weighted by molar-refractivity contribution is 6.02. The Morgan fingerprint density at radius 3 is 2.52 bits per heavy atom. The van der Waals surface area contributed by atoms with Crippen LogP contribution in [0.1, 0.15) is 47.2 Å². The Kier molecular flexibility index (Phi) is 6.45. The van der Waals surface area contributed by atoms with E-state index in [0.717, 1.165) is 34.9 Å². The zero-order valence-electron chi connectivity index (χ0n) is 17.5. The number of rotatable bonds is 6. The molecular formula is C23H27N5O3. The molecular weight excluding hydrogens is 394 g/mol. The lowest BCUT2D eigenvalue weighted by atomic mass is 10.1. The predicted octanol–water partition coefficient (Wildman–Crippen LogP) is 2.44. The molecule has 2 saturated heterocycles. The summed E-state index contributed by atoms with van der Waals surface area (Å²) in [6.45, 7) is 2.63. The minimum Gasteiger partial charge on any atom is -0.357 e. The Bertz CT molecular complexity index is 936. The lowest BCUT2D eigenvalue weighted by molar-refractivity contribution is -0.125. The van der Waals surface area contributed by atoms with Gasteiger partial charge < -0.3 is 15.5 Å². The summed E-state index contributed by atoms with van der Waals surface area (Å²) < 4.78 is 0. The van der Waals surface area contributed by atoms with Gasteiger partial charge in [-0.2, -0.15) is 0 Å². The predicted molar refractivity (Wildman–Crippen MR) is 116 cm³/mol. The summed E-state index contributed by atoms with van der Waals surface area (Å²) >= 11 is 0. The Hall–Kier alpha value is -3.42. The highest BCUT2D eigenvalue weighted by Crippen LogP contribution is 2.17. The first-order valence-electron chi connectivity index (χ1n) is 10.8. The van der Waals surface area contributed by atoms with Gasteiger partial charge in [-0.05, 0) is 42.2 Å². The highest BCUT2D eigenvalue weighted by Gasteiger charge is 2.28. The molecule has 0 radical (unpaired) electrons. The maximum atomic E-state index is 12.6. The van der Waals surface area contributed by atoms with Crippen LogP contribution in [0.25, 0.3) is 0 Å². The maximum absolute atomic E-state index is 12.6. The first-order valence-corrected chi connectivity index (χ1v) is 10.8. The fourth-order valence-corrected chi connectivity index (χ4v) is 3.90. The van der Waals surface area contributed by atoms with Gasteiger partial charge >= 0.3 is 6.03 Å². The smallest absolute Gasteiger partial charge is 0.324 e. The zero-order valence-corrected chi connectivity index (χ0v) is 17.5. The van der Waals surface area contributed by atoms with Crippen LogP contribution in [-0.4, -0.2) is 47.4 Å². The number of nitrogens with zero attached hydrogens (tertiary/aromatic N) is 3. The third-order valence-corrected chi connectivity index (χ3v) is 5.66. The Balaban J connectivity index is 1.33. The zero-order chi connectivity index (χ0) is 21.6. The van der Waals surface area contributed by atoms with Gasteiger partial charge in [-0.3, -0.25) is 14.5 Å². The second-order valence-electron chi connectivity index (χ2n) is 7.95. The van der Waals surface area contributed by atoms with Gasteiger partial charge in [0, 0.05) is 31.4 Å². The number of hydrogen-bond acceptors (Lipinski definition) is 5. The third-order valence-electron chi connectivity index (χ3n) is 5.66. The van der Waals surface area contributed by atoms with Crippen molar-refractivity contribution in [1.29, 1.82) is 0 Å². The number of aromatic nitrogens is 1. The molecule has 2 aromatic rings. The van der Waals surface area contributed by atoms with Crippen LogP contribution in [0.2, 0.25) is 0 Å². The molecule has 0 unspecified atom stereocenters. The first-order chi connectivity index (χ1) is 15.1. The number of amides is 4. The van der Waals surface area contributed by atoms with Gasteiger partial charge in [0.15, 0.2) is 0 Å². The number of pyridine rings is 1. The van der Waals surface area contributed by atoms with Crippen molar-refractivity contribution in [1.82, 2.24) is 20.5 Å². The molecule has 4 rings (SSSR count). The summed E-state index contributed by atoms with van der Waals surface area (Å²) in [5.74, 6) is 0.511. The number of carbonyl (C=O) groups excluding carboxylic acids is 3. The van der Waals surface area contributed by atoms with E-state index in [0.29, 0.717) is 12.1 Å². The lowest BCUT2D eigenvalue weighted by Crippen LogP contribution is -2.30. The number of hydrogen-bond donors (Lipinski definition) is 2. The topological polar surface area (TPSA) is 94.6 Å². The van der Waals surface area contributed by atoms with Crippen LogP contribution < -0.4 is 15.5 Å². The molecule has 2 aliphatic heterocycles. The van der Waals surface area contributed by atoms with Gasteiger partial charge in [-0.1, -0.05) is 31.0 Å². The van der Waals surface area contributed by atoms with E-state index in [1.807, 2.05) is 18.3 Å². The van der Waals surface area contributed by atoms with Crippen LogP contribution in [0, 0.1) is 0 Å². The van der Waals surface area contributed by atoms with Crippen LogP contribution in [0.5, 0.6) is 0 Å². The van der Waals surface area contributed by atoms with Crippen LogP contribution in [0.4, 0.5) is 10.6 Å². The van der Waals surface area contributed by atoms with Crippen LogP contribution in [0.15, 0.2) is 42.6 Å². The van der Waals surface area contributed by atoms with Crippen molar-refractivity contribution in [3.8, 4) is 0 Å². The lowest BCUT2D eigenvalue weighted by Gasteiger charge is -2.21. The van der Waals surface area contributed by atoms with Crippen LogP contribution in [-0.2, 0) is 17.9 Å². The van der Waals surface area contributed by atoms with Crippen molar-refractivity contribution in [3.63, 3.8) is 0 Å². The molecule has 0 aliphatic carbocycles. The van der Waals surface area contributed by atoms with E-state index in [1.54, 1.807) is 24.3 Å². The van der Waals surface area contributed by atoms with Gasteiger partial charge in [0.25, 0.3) is 5.91 Å². The molecule has 4 amide bonds. The average Bonchev–Trinajstić information content (AvgIpc) is 2.99. The standard InChI is InChI=1S/C23H27N5O3/c29-21-15-26-23(31)28(21)16-17-6-5-7-19(12-17)22(30)25-14-18-8-9-20(24-13-18)27-10-3-1-2-4-11-27/h5-9,12-13H,1-4,10-11,14-16H2,(H,25,30)(H,26,31). The normalized spacial score (nSPS) is 16.8. The van der Waals surface area contributed by atoms with Gasteiger partial charge in [0.05, 0.1) is 13.1 Å². The molecule has 8 heteroatoms. The van der Waals surface area contributed by atoms with Crippen molar-refractivity contribution in [2.45, 2.75) is 38.8 Å². The van der Waals surface area contributed by atoms with Crippen LogP contribution >= 0.6 is 0 Å². The van der Waals surface area contributed by atoms with E-state index in [9.17, 15) is 14.4 Å². The van der Waals surface area contributed by atoms with Gasteiger partial charge in [0.2, 0.25) is 5.91 Å². The second-order valence-corrected chi connectivity index (χ2v) is 7.95. The molecule has 0 bridgehead atoms. The van der Waals surface area contributed by atoms with Crippen molar-refractivity contribution in [2.75, 3.05) is 24.5 Å². The molecule has 1 aromatic heterocycles. The summed E-state index contributed by atoms with van der Waals surface area (Å²) in [6, 6.07) is 10.6. The quantitative estimate of drug-likeness (QED) is 0.699. The molecule has 31 heavy (non-hydrogen) atoms. The summed E-state index contributed by atoms with van der Waals surface area (Å²) in [5, 5.41) is 5.40. The minimum absolute atomic E-state index is 0.0175. The average molecular weight is 422 g/mol. The monoisotopic (exact) mass is 421 g/mol. The molecule has 0 saturated carbocycles. The van der Waals surface area contributed by atoms with E-state index in [1.165, 1.54) is 25.7 Å². The molecule has 0 spiro atoms. The number of nitrogens with one attached hydrogen (secondary N) is 2. The molecule has 162 valence electrons. The number of anilines is 1. The van der Waals surface area contributed by atoms with E-state index in [4.69, 9.17) is 0 Å². The first kappa shape index (κ1) is 20.8. The fraction of sp³-hybridized carbons (Fsp3) is 0.391. The Morgan fingerprint density at radius 1 is 1.03 bits per heavy atom. The van der Waals surface area contributed by atoms with E-state index >= 15 is 0 Å². The maximum Gasteiger partial charge on any atom is 0.324 e. The summed E-state index contributed by atoms with van der Waals surface area (Å²) in [6.07, 6.45) is 6.78. The summed E-state index contributed by atoms with van der Waals surface area (Å²) in [5.41, 5.74) is 2.14. The molecule has 0 atom stereocenters. The van der Waals surface area contributed by atoms with Crippen molar-refractivity contribution in [3.05, 3.63) is 59.3 Å².